The number of nitriles is 1. The van der Waals surface area contributed by atoms with E-state index in [4.69, 9.17) is 10.00 Å². The number of benzene rings is 1. The van der Waals surface area contributed by atoms with E-state index in [0.717, 1.165) is 6.26 Å². The van der Waals surface area contributed by atoms with E-state index in [-0.39, 0.29) is 12.1 Å². The van der Waals surface area contributed by atoms with Crippen LogP contribution in [0.4, 0.5) is 0 Å². The molecule has 0 N–H and O–H groups in total. The maximum atomic E-state index is 12.6. The van der Waals surface area contributed by atoms with Crippen LogP contribution in [-0.2, 0) is 29.5 Å². The molecule has 0 saturated heterocycles. The van der Waals surface area contributed by atoms with Crippen LogP contribution in [0.3, 0.4) is 0 Å². The average molecular weight is 388 g/mol. The number of sulfonamides is 1. The Balaban J connectivity index is 1.59. The summed E-state index contributed by atoms with van der Waals surface area (Å²) in [6, 6.07) is 8.89. The second-order valence-corrected chi connectivity index (χ2v) is 8.34. The Morgan fingerprint density at radius 2 is 2.04 bits per heavy atom. The van der Waals surface area contributed by atoms with E-state index < -0.39 is 10.0 Å². The van der Waals surface area contributed by atoms with E-state index >= 15 is 0 Å². The van der Waals surface area contributed by atoms with Crippen LogP contribution in [0.1, 0.15) is 23.2 Å². The second-order valence-electron chi connectivity index (χ2n) is 6.35. The molecule has 142 valence electrons. The third kappa shape index (κ3) is 4.53. The van der Waals surface area contributed by atoms with Crippen LogP contribution in [-0.4, -0.2) is 41.7 Å². The Hall–Kier alpha value is -2.70. The van der Waals surface area contributed by atoms with Gasteiger partial charge in [0.2, 0.25) is 10.0 Å². The third-order valence-electron chi connectivity index (χ3n) is 4.42. The van der Waals surface area contributed by atoms with Crippen LogP contribution < -0.4 is 10.3 Å². The first kappa shape index (κ1) is 19.1. The van der Waals surface area contributed by atoms with Gasteiger partial charge in [0.05, 0.1) is 43.1 Å². The SMILES string of the molecule is CS(=O)(=O)N1CCc2c(ncn(CCCOc3ccc(C#N)cc3)c2=O)C1. The summed E-state index contributed by atoms with van der Waals surface area (Å²) in [4.78, 5) is 16.9. The summed E-state index contributed by atoms with van der Waals surface area (Å²) in [5.41, 5.74) is 1.57. The predicted octanol–water partition coefficient (Wildman–Crippen LogP) is 0.902. The van der Waals surface area contributed by atoms with Gasteiger partial charge in [-0.1, -0.05) is 0 Å². The molecule has 0 aliphatic carbocycles. The molecular weight excluding hydrogens is 368 g/mol. The molecule has 2 heterocycles. The monoisotopic (exact) mass is 388 g/mol. The summed E-state index contributed by atoms with van der Waals surface area (Å²) in [7, 11) is -3.29. The third-order valence-corrected chi connectivity index (χ3v) is 5.67. The predicted molar refractivity (Wildman–Crippen MR) is 98.7 cm³/mol. The lowest BCUT2D eigenvalue weighted by Crippen LogP contribution is -2.39. The molecule has 1 aliphatic rings. The highest BCUT2D eigenvalue weighted by Crippen LogP contribution is 2.16. The summed E-state index contributed by atoms with van der Waals surface area (Å²) in [5.74, 6) is 0.672. The zero-order chi connectivity index (χ0) is 19.4. The molecule has 0 bridgehead atoms. The molecule has 0 saturated carbocycles. The first-order chi connectivity index (χ1) is 12.9. The van der Waals surface area contributed by atoms with E-state index in [0.29, 0.717) is 55.1 Å². The lowest BCUT2D eigenvalue weighted by atomic mass is 10.1. The van der Waals surface area contributed by atoms with Crippen LogP contribution in [0.2, 0.25) is 0 Å². The van der Waals surface area contributed by atoms with Crippen LogP contribution in [0, 0.1) is 11.3 Å². The second kappa shape index (κ2) is 7.90. The maximum absolute atomic E-state index is 12.6. The van der Waals surface area contributed by atoms with Crippen LogP contribution in [0.5, 0.6) is 5.75 Å². The highest BCUT2D eigenvalue weighted by molar-refractivity contribution is 7.88. The summed E-state index contributed by atoms with van der Waals surface area (Å²) in [5, 5.41) is 8.77. The minimum atomic E-state index is -3.29. The van der Waals surface area contributed by atoms with Crippen molar-refractivity contribution < 1.29 is 13.2 Å². The highest BCUT2D eigenvalue weighted by Gasteiger charge is 2.26. The van der Waals surface area contributed by atoms with E-state index in [1.165, 1.54) is 15.2 Å². The molecule has 0 amide bonds. The molecular formula is C18H20N4O4S. The smallest absolute Gasteiger partial charge is 0.256 e. The van der Waals surface area contributed by atoms with Crippen molar-refractivity contribution in [1.29, 1.82) is 5.26 Å². The summed E-state index contributed by atoms with van der Waals surface area (Å²) in [6.45, 7) is 1.34. The van der Waals surface area contributed by atoms with Crippen molar-refractivity contribution >= 4 is 10.0 Å². The first-order valence-corrected chi connectivity index (χ1v) is 10.4. The van der Waals surface area contributed by atoms with Gasteiger partial charge < -0.3 is 4.74 Å². The van der Waals surface area contributed by atoms with Crippen molar-refractivity contribution in [2.24, 2.45) is 0 Å². The van der Waals surface area contributed by atoms with Crippen molar-refractivity contribution in [3.05, 3.63) is 57.8 Å². The number of hydrogen-bond donors (Lipinski definition) is 0. The lowest BCUT2D eigenvalue weighted by Gasteiger charge is -2.25. The number of fused-ring (bicyclic) bond motifs is 1. The fraction of sp³-hybridized carbons (Fsp3) is 0.389. The number of aromatic nitrogens is 2. The number of hydrogen-bond acceptors (Lipinski definition) is 6. The molecule has 9 heteroatoms. The summed E-state index contributed by atoms with van der Waals surface area (Å²) < 4.78 is 31.8. The molecule has 0 spiro atoms. The highest BCUT2D eigenvalue weighted by atomic mass is 32.2. The normalized spacial score (nSPS) is 14.4. The average Bonchev–Trinajstić information content (AvgIpc) is 2.66. The minimum Gasteiger partial charge on any atom is -0.494 e. The van der Waals surface area contributed by atoms with Gasteiger partial charge in [0.25, 0.3) is 5.56 Å². The molecule has 8 nitrogen and oxygen atoms in total. The standard InChI is InChI=1S/C18H20N4O4S/c1-27(24,25)22-9-7-16-17(12-22)20-13-21(18(16)23)8-2-10-26-15-5-3-14(11-19)4-6-15/h3-6,13H,2,7-10,12H2,1H3. The van der Waals surface area contributed by atoms with Crippen molar-refractivity contribution in [3.8, 4) is 11.8 Å². The van der Waals surface area contributed by atoms with E-state index in [2.05, 4.69) is 4.98 Å². The van der Waals surface area contributed by atoms with E-state index in [1.807, 2.05) is 6.07 Å². The molecule has 1 aliphatic heterocycles. The van der Waals surface area contributed by atoms with Gasteiger partial charge in [0.15, 0.2) is 0 Å². The summed E-state index contributed by atoms with van der Waals surface area (Å²) >= 11 is 0. The fourth-order valence-electron chi connectivity index (χ4n) is 2.93. The number of nitrogens with zero attached hydrogens (tertiary/aromatic N) is 4. The van der Waals surface area contributed by atoms with Gasteiger partial charge in [-0.2, -0.15) is 9.57 Å². The molecule has 0 fully saturated rings. The van der Waals surface area contributed by atoms with Crippen LogP contribution in [0.25, 0.3) is 0 Å². The molecule has 1 aromatic carbocycles. The van der Waals surface area contributed by atoms with E-state index in [1.54, 1.807) is 24.3 Å². The van der Waals surface area contributed by atoms with Gasteiger partial charge in [-0.25, -0.2) is 13.4 Å². The van der Waals surface area contributed by atoms with Gasteiger partial charge in [-0.15, -0.1) is 0 Å². The largest absolute Gasteiger partial charge is 0.494 e. The Kier molecular flexibility index (Phi) is 5.58. The minimum absolute atomic E-state index is 0.119. The zero-order valence-electron chi connectivity index (χ0n) is 15.0. The maximum Gasteiger partial charge on any atom is 0.256 e. The Labute approximate surface area is 157 Å². The Bertz CT molecular complexity index is 1020. The molecule has 3 rings (SSSR count). The first-order valence-electron chi connectivity index (χ1n) is 8.54. The van der Waals surface area contributed by atoms with Gasteiger partial charge in [-0.3, -0.25) is 9.36 Å². The van der Waals surface area contributed by atoms with Crippen molar-refractivity contribution in [2.75, 3.05) is 19.4 Å². The van der Waals surface area contributed by atoms with Crippen LogP contribution >= 0.6 is 0 Å². The van der Waals surface area contributed by atoms with Crippen molar-refractivity contribution in [3.63, 3.8) is 0 Å². The number of ether oxygens (including phenoxy) is 1. The number of aryl methyl sites for hydroxylation is 1. The lowest BCUT2D eigenvalue weighted by molar-refractivity contribution is 0.300. The molecule has 27 heavy (non-hydrogen) atoms. The van der Waals surface area contributed by atoms with Crippen molar-refractivity contribution in [2.45, 2.75) is 25.9 Å². The molecule has 0 unspecified atom stereocenters. The number of rotatable bonds is 6. The van der Waals surface area contributed by atoms with Gasteiger partial charge >= 0.3 is 0 Å². The zero-order valence-corrected chi connectivity index (χ0v) is 15.8. The molecule has 0 radical (unpaired) electrons. The van der Waals surface area contributed by atoms with Crippen LogP contribution in [0.15, 0.2) is 35.4 Å². The van der Waals surface area contributed by atoms with Gasteiger partial charge in [0, 0.05) is 18.7 Å². The van der Waals surface area contributed by atoms with Gasteiger partial charge in [0.1, 0.15) is 5.75 Å². The molecule has 1 aromatic heterocycles. The fourth-order valence-corrected chi connectivity index (χ4v) is 3.71. The Morgan fingerprint density at radius 3 is 2.70 bits per heavy atom. The molecule has 0 atom stereocenters. The quantitative estimate of drug-likeness (QED) is 0.681. The van der Waals surface area contributed by atoms with Crippen molar-refractivity contribution in [1.82, 2.24) is 13.9 Å². The van der Waals surface area contributed by atoms with E-state index in [9.17, 15) is 13.2 Å². The topological polar surface area (TPSA) is 105 Å². The Morgan fingerprint density at radius 1 is 1.30 bits per heavy atom. The summed E-state index contributed by atoms with van der Waals surface area (Å²) in [6.07, 6.45) is 3.62. The van der Waals surface area contributed by atoms with Gasteiger partial charge in [-0.05, 0) is 37.1 Å². The molecule has 2 aromatic rings.